The van der Waals surface area contributed by atoms with E-state index in [1.54, 1.807) is 25.1 Å². The van der Waals surface area contributed by atoms with Gasteiger partial charge in [0.2, 0.25) is 5.95 Å². The van der Waals surface area contributed by atoms with Gasteiger partial charge in [0.15, 0.2) is 0 Å². The second kappa shape index (κ2) is 11.3. The lowest BCUT2D eigenvalue weighted by Crippen LogP contribution is -2.50. The van der Waals surface area contributed by atoms with E-state index < -0.39 is 11.7 Å². The molecule has 0 bridgehead atoms. The lowest BCUT2D eigenvalue weighted by molar-refractivity contribution is -0.136. The molecule has 3 N–H and O–H groups in total. The van der Waals surface area contributed by atoms with Crippen LogP contribution in [0.4, 0.5) is 30.6 Å². The van der Waals surface area contributed by atoms with Crippen molar-refractivity contribution in [3.05, 3.63) is 35.5 Å². The number of likely N-dealkylation sites (tertiary alicyclic amines) is 1. The summed E-state index contributed by atoms with van der Waals surface area (Å²) in [5, 5.41) is 5.78. The summed E-state index contributed by atoms with van der Waals surface area (Å²) in [4.78, 5) is 28.7. The van der Waals surface area contributed by atoms with Crippen molar-refractivity contribution in [3.8, 4) is 5.75 Å². The van der Waals surface area contributed by atoms with Gasteiger partial charge >= 0.3 is 6.18 Å². The number of nitrogens with one attached hydrogen (secondary N) is 3. The number of H-pyrrole nitrogens is 1. The number of amides is 1. The Balaban J connectivity index is 1.32. The van der Waals surface area contributed by atoms with Crippen LogP contribution in [0.15, 0.2) is 24.4 Å². The minimum absolute atomic E-state index is 0.0435. The standard InChI is InChI=1S/C26H32F3N7O3/c1-3-30-22-21-18(26(27,28)29)15-31-23(21)34-25(33-22)32-19-5-4-16(14-20(19)38-2)24(37)36-8-6-17(7-9-36)35-10-12-39-13-11-35/h4-5,14-15,17H,3,6-13H2,1-2H3,(H3,30,31,32,33,34). The number of ether oxygens (including phenoxy) is 2. The van der Waals surface area contributed by atoms with Crippen LogP contribution in [-0.4, -0.2) is 89.7 Å². The number of alkyl halides is 3. The Morgan fingerprint density at radius 1 is 1.18 bits per heavy atom. The Hall–Kier alpha value is -3.58. The van der Waals surface area contributed by atoms with Gasteiger partial charge in [0.25, 0.3) is 5.91 Å². The molecule has 5 rings (SSSR count). The molecule has 2 aliphatic heterocycles. The summed E-state index contributed by atoms with van der Waals surface area (Å²) in [5.41, 5.74) is 0.173. The van der Waals surface area contributed by atoms with Gasteiger partial charge in [0, 0.05) is 50.5 Å². The number of aromatic amines is 1. The van der Waals surface area contributed by atoms with Crippen molar-refractivity contribution in [1.82, 2.24) is 24.8 Å². The van der Waals surface area contributed by atoms with Gasteiger partial charge in [-0.1, -0.05) is 0 Å². The topological polar surface area (TPSA) is 108 Å². The van der Waals surface area contributed by atoms with Gasteiger partial charge in [-0.3, -0.25) is 9.69 Å². The number of methoxy groups -OCH3 is 1. The Kier molecular flexibility index (Phi) is 7.80. The fourth-order valence-corrected chi connectivity index (χ4v) is 5.22. The van der Waals surface area contributed by atoms with E-state index in [4.69, 9.17) is 9.47 Å². The van der Waals surface area contributed by atoms with Crippen molar-refractivity contribution in [3.63, 3.8) is 0 Å². The number of hydrogen-bond donors (Lipinski definition) is 3. The lowest BCUT2D eigenvalue weighted by atomic mass is 10.0. The highest BCUT2D eigenvalue weighted by atomic mass is 19.4. The number of piperidine rings is 1. The van der Waals surface area contributed by atoms with E-state index in [0.29, 0.717) is 42.7 Å². The maximum atomic E-state index is 13.5. The predicted molar refractivity (Wildman–Crippen MR) is 141 cm³/mol. The molecule has 1 aromatic carbocycles. The monoisotopic (exact) mass is 547 g/mol. The molecule has 3 aromatic rings. The number of hydrogen-bond acceptors (Lipinski definition) is 8. The molecule has 2 aromatic heterocycles. The van der Waals surface area contributed by atoms with Gasteiger partial charge in [-0.25, -0.2) is 0 Å². The van der Waals surface area contributed by atoms with Crippen molar-refractivity contribution in [1.29, 1.82) is 0 Å². The summed E-state index contributed by atoms with van der Waals surface area (Å²) in [5.74, 6) is 0.458. The second-order valence-corrected chi connectivity index (χ2v) is 9.56. The van der Waals surface area contributed by atoms with Crippen molar-refractivity contribution >= 4 is 34.4 Å². The van der Waals surface area contributed by atoms with E-state index in [2.05, 4.69) is 30.5 Å². The highest BCUT2D eigenvalue weighted by Crippen LogP contribution is 2.38. The van der Waals surface area contributed by atoms with Gasteiger partial charge in [-0.05, 0) is 38.0 Å². The average molecular weight is 548 g/mol. The van der Waals surface area contributed by atoms with E-state index >= 15 is 0 Å². The third kappa shape index (κ3) is 5.74. The predicted octanol–water partition coefficient (Wildman–Crippen LogP) is 4.10. The lowest BCUT2D eigenvalue weighted by Gasteiger charge is -2.40. The second-order valence-electron chi connectivity index (χ2n) is 9.56. The van der Waals surface area contributed by atoms with E-state index in [0.717, 1.165) is 45.3 Å². The number of fused-ring (bicyclic) bond motifs is 1. The van der Waals surface area contributed by atoms with Crippen LogP contribution in [0.5, 0.6) is 5.75 Å². The van der Waals surface area contributed by atoms with Crippen LogP contribution in [-0.2, 0) is 10.9 Å². The summed E-state index contributed by atoms with van der Waals surface area (Å²) >= 11 is 0. The van der Waals surface area contributed by atoms with Gasteiger partial charge in [0.05, 0.1) is 37.0 Å². The van der Waals surface area contributed by atoms with Gasteiger partial charge in [0.1, 0.15) is 17.2 Å². The Bertz CT molecular complexity index is 1320. The smallest absolute Gasteiger partial charge is 0.418 e. The number of aromatic nitrogens is 3. The van der Waals surface area contributed by atoms with E-state index in [1.807, 2.05) is 4.90 Å². The summed E-state index contributed by atoms with van der Waals surface area (Å²) in [6, 6.07) is 5.50. The fraction of sp³-hybridized carbons (Fsp3) is 0.500. The molecule has 0 spiro atoms. The van der Waals surface area contributed by atoms with Crippen LogP contribution in [0.3, 0.4) is 0 Å². The number of carbonyl (C=O) groups excluding carboxylic acids is 1. The number of carbonyl (C=O) groups is 1. The van der Waals surface area contributed by atoms with Crippen LogP contribution in [0.2, 0.25) is 0 Å². The maximum Gasteiger partial charge on any atom is 0.418 e. The molecule has 0 aliphatic carbocycles. The molecule has 4 heterocycles. The summed E-state index contributed by atoms with van der Waals surface area (Å²) in [6.45, 7) is 6.89. The Labute approximate surface area is 223 Å². The number of rotatable bonds is 7. The number of halogens is 3. The minimum atomic E-state index is -4.55. The highest BCUT2D eigenvalue weighted by Gasteiger charge is 2.35. The molecule has 2 saturated heterocycles. The Morgan fingerprint density at radius 3 is 2.59 bits per heavy atom. The molecular formula is C26H32F3N7O3. The van der Waals surface area contributed by atoms with Crippen molar-refractivity contribution in [2.24, 2.45) is 0 Å². The van der Waals surface area contributed by atoms with Crippen molar-refractivity contribution in [2.75, 3.05) is 63.7 Å². The first kappa shape index (κ1) is 27.0. The summed E-state index contributed by atoms with van der Waals surface area (Å²) in [6.07, 6.45) is -1.82. The molecule has 0 unspecified atom stereocenters. The van der Waals surface area contributed by atoms with E-state index in [9.17, 15) is 18.0 Å². The molecule has 1 amide bonds. The average Bonchev–Trinajstić information content (AvgIpc) is 3.39. The quantitative estimate of drug-likeness (QED) is 0.406. The van der Waals surface area contributed by atoms with Gasteiger partial charge < -0.3 is 30.0 Å². The molecular weight excluding hydrogens is 515 g/mol. The number of anilines is 3. The normalized spacial score (nSPS) is 17.4. The first-order chi connectivity index (χ1) is 18.8. The van der Waals surface area contributed by atoms with Gasteiger partial charge in [-0.15, -0.1) is 0 Å². The third-order valence-corrected chi connectivity index (χ3v) is 7.19. The van der Waals surface area contributed by atoms with Crippen LogP contribution in [0, 0.1) is 0 Å². The van der Waals surface area contributed by atoms with Crippen molar-refractivity contribution in [2.45, 2.75) is 32.0 Å². The summed E-state index contributed by atoms with van der Waals surface area (Å²) in [7, 11) is 1.48. The molecule has 39 heavy (non-hydrogen) atoms. The zero-order chi connectivity index (χ0) is 27.6. The first-order valence-electron chi connectivity index (χ1n) is 13.0. The molecule has 13 heteroatoms. The third-order valence-electron chi connectivity index (χ3n) is 7.19. The molecule has 0 atom stereocenters. The molecule has 0 saturated carbocycles. The molecule has 2 aliphatic rings. The molecule has 2 fully saturated rings. The number of nitrogens with zero attached hydrogens (tertiary/aromatic N) is 4. The van der Waals surface area contributed by atoms with E-state index in [-0.39, 0.29) is 28.7 Å². The first-order valence-corrected chi connectivity index (χ1v) is 13.0. The zero-order valence-electron chi connectivity index (χ0n) is 21.9. The largest absolute Gasteiger partial charge is 0.495 e. The SMILES string of the molecule is CCNc1nc(Nc2ccc(C(=O)N3CCC(N4CCOCC4)CC3)cc2OC)nc2[nH]cc(C(F)(F)F)c12. The summed E-state index contributed by atoms with van der Waals surface area (Å²) < 4.78 is 51.4. The zero-order valence-corrected chi connectivity index (χ0v) is 21.9. The highest BCUT2D eigenvalue weighted by molar-refractivity contribution is 5.96. The minimum Gasteiger partial charge on any atom is -0.495 e. The fourth-order valence-electron chi connectivity index (χ4n) is 5.22. The van der Waals surface area contributed by atoms with E-state index in [1.165, 1.54) is 7.11 Å². The Morgan fingerprint density at radius 2 is 1.92 bits per heavy atom. The van der Waals surface area contributed by atoms with Crippen LogP contribution < -0.4 is 15.4 Å². The number of morpholine rings is 1. The van der Waals surface area contributed by atoms with Gasteiger partial charge in [-0.2, -0.15) is 23.1 Å². The molecule has 10 nitrogen and oxygen atoms in total. The molecule has 0 radical (unpaired) electrons. The maximum absolute atomic E-state index is 13.5. The number of benzene rings is 1. The van der Waals surface area contributed by atoms with Crippen LogP contribution in [0.1, 0.15) is 35.7 Å². The van der Waals surface area contributed by atoms with Crippen molar-refractivity contribution < 1.29 is 27.4 Å². The molecule has 210 valence electrons. The van der Waals surface area contributed by atoms with Crippen LogP contribution >= 0.6 is 0 Å². The van der Waals surface area contributed by atoms with Crippen LogP contribution in [0.25, 0.3) is 11.0 Å².